The van der Waals surface area contributed by atoms with Gasteiger partial charge in [-0.25, -0.2) is 9.97 Å². The third-order valence-electron chi connectivity index (χ3n) is 4.27. The van der Waals surface area contributed by atoms with Crippen molar-refractivity contribution >= 4 is 17.5 Å². The topological polar surface area (TPSA) is 58.1 Å². The molecule has 20 heavy (non-hydrogen) atoms. The molecule has 1 N–H and O–H groups in total. The fraction of sp³-hybridized carbons (Fsp3) is 0.667. The van der Waals surface area contributed by atoms with Crippen molar-refractivity contribution in [3.05, 3.63) is 12.4 Å². The van der Waals surface area contributed by atoms with Crippen LogP contribution in [0.3, 0.4) is 0 Å². The van der Waals surface area contributed by atoms with Crippen LogP contribution in [0.15, 0.2) is 12.4 Å². The molecule has 5 nitrogen and oxygen atoms in total. The molecule has 1 aromatic heterocycles. The van der Waals surface area contributed by atoms with Gasteiger partial charge in [-0.05, 0) is 25.7 Å². The van der Waals surface area contributed by atoms with E-state index < -0.39 is 0 Å². The monoisotopic (exact) mass is 274 g/mol. The third-order valence-corrected chi connectivity index (χ3v) is 4.27. The van der Waals surface area contributed by atoms with Gasteiger partial charge in [0.25, 0.3) is 0 Å². The summed E-state index contributed by atoms with van der Waals surface area (Å²) in [6.45, 7) is 2.07. The number of rotatable bonds is 3. The number of nitrogens with zero attached hydrogens (tertiary/aromatic N) is 3. The molecule has 1 aliphatic carbocycles. The number of hydrogen-bond acceptors (Lipinski definition) is 4. The van der Waals surface area contributed by atoms with Gasteiger partial charge in [-0.1, -0.05) is 19.3 Å². The number of aromatic nitrogens is 2. The summed E-state index contributed by atoms with van der Waals surface area (Å²) in [4.78, 5) is 22.9. The first-order chi connectivity index (χ1) is 9.83. The summed E-state index contributed by atoms with van der Waals surface area (Å²) in [5.74, 6) is 1.09. The summed E-state index contributed by atoms with van der Waals surface area (Å²) in [6.07, 6.45) is 11.7. The Morgan fingerprint density at radius 3 is 2.25 bits per heavy atom. The van der Waals surface area contributed by atoms with Gasteiger partial charge in [0.1, 0.15) is 0 Å². The first kappa shape index (κ1) is 13.3. The molecule has 0 spiro atoms. The average molecular weight is 274 g/mol. The highest BCUT2D eigenvalue weighted by Crippen LogP contribution is 2.27. The predicted octanol–water partition coefficient (Wildman–Crippen LogP) is 2.60. The molecule has 0 atom stereocenters. The first-order valence-corrected chi connectivity index (χ1v) is 7.71. The van der Waals surface area contributed by atoms with Crippen LogP contribution in [0.4, 0.5) is 11.6 Å². The van der Waals surface area contributed by atoms with Gasteiger partial charge < -0.3 is 10.2 Å². The zero-order valence-electron chi connectivity index (χ0n) is 11.8. The Morgan fingerprint density at radius 2 is 1.70 bits per heavy atom. The lowest BCUT2D eigenvalue weighted by atomic mass is 9.85. The van der Waals surface area contributed by atoms with Gasteiger partial charge in [-0.3, -0.25) is 4.79 Å². The van der Waals surface area contributed by atoms with Gasteiger partial charge in [0, 0.05) is 19.0 Å². The highest BCUT2D eigenvalue weighted by atomic mass is 16.1. The normalized spacial score (nSPS) is 20.1. The van der Waals surface area contributed by atoms with E-state index >= 15 is 0 Å². The van der Waals surface area contributed by atoms with Crippen molar-refractivity contribution < 1.29 is 4.79 Å². The SMILES string of the molecule is O=C(Nc1cnc(N2CCCCCC2)nc1)C1CCC1. The van der Waals surface area contributed by atoms with E-state index in [9.17, 15) is 4.79 Å². The van der Waals surface area contributed by atoms with Crippen molar-refractivity contribution in [2.45, 2.75) is 44.9 Å². The molecule has 1 saturated heterocycles. The van der Waals surface area contributed by atoms with Crippen molar-refractivity contribution in [2.75, 3.05) is 23.3 Å². The largest absolute Gasteiger partial charge is 0.341 e. The maximum Gasteiger partial charge on any atom is 0.227 e. The van der Waals surface area contributed by atoms with Crippen LogP contribution in [0.25, 0.3) is 0 Å². The molecule has 1 aliphatic heterocycles. The van der Waals surface area contributed by atoms with Crippen LogP contribution in [0.2, 0.25) is 0 Å². The Labute approximate surface area is 119 Å². The van der Waals surface area contributed by atoms with Crippen LogP contribution in [-0.4, -0.2) is 29.0 Å². The van der Waals surface area contributed by atoms with Gasteiger partial charge in [0.05, 0.1) is 18.1 Å². The second-order valence-corrected chi connectivity index (χ2v) is 5.79. The summed E-state index contributed by atoms with van der Waals surface area (Å²) in [5, 5.41) is 2.90. The second-order valence-electron chi connectivity index (χ2n) is 5.79. The molecule has 0 aromatic carbocycles. The highest BCUT2D eigenvalue weighted by Gasteiger charge is 2.25. The van der Waals surface area contributed by atoms with Crippen LogP contribution >= 0.6 is 0 Å². The van der Waals surface area contributed by atoms with Gasteiger partial charge in [-0.15, -0.1) is 0 Å². The lowest BCUT2D eigenvalue weighted by molar-refractivity contribution is -0.122. The Bertz CT molecular complexity index is 447. The number of hydrogen-bond donors (Lipinski definition) is 1. The van der Waals surface area contributed by atoms with E-state index in [1.807, 2.05) is 0 Å². The standard InChI is InChI=1S/C15H22N4O/c20-14(12-6-5-7-12)18-13-10-16-15(17-11-13)19-8-3-1-2-4-9-19/h10-12H,1-9H2,(H,18,20). The van der Waals surface area contributed by atoms with Gasteiger partial charge in [-0.2, -0.15) is 0 Å². The third kappa shape index (κ3) is 3.08. The van der Waals surface area contributed by atoms with Gasteiger partial charge >= 0.3 is 0 Å². The maximum atomic E-state index is 11.8. The lowest BCUT2D eigenvalue weighted by Gasteiger charge is -2.24. The summed E-state index contributed by atoms with van der Waals surface area (Å²) in [5.41, 5.74) is 0.709. The summed E-state index contributed by atoms with van der Waals surface area (Å²) >= 11 is 0. The fourth-order valence-electron chi connectivity index (χ4n) is 2.73. The Balaban J connectivity index is 1.59. The molecule has 2 heterocycles. The van der Waals surface area contributed by atoms with Crippen molar-refractivity contribution in [2.24, 2.45) is 5.92 Å². The molecule has 0 radical (unpaired) electrons. The summed E-state index contributed by atoms with van der Waals surface area (Å²) < 4.78 is 0. The molecule has 1 saturated carbocycles. The molecule has 0 bridgehead atoms. The van der Waals surface area contributed by atoms with Gasteiger partial charge in [0.15, 0.2) is 0 Å². The molecule has 2 fully saturated rings. The first-order valence-electron chi connectivity index (χ1n) is 7.71. The van der Waals surface area contributed by atoms with Crippen molar-refractivity contribution in [3.8, 4) is 0 Å². The Hall–Kier alpha value is -1.65. The van der Waals surface area contributed by atoms with Crippen LogP contribution in [0, 0.1) is 5.92 Å². The van der Waals surface area contributed by atoms with Crippen LogP contribution < -0.4 is 10.2 Å². The van der Waals surface area contributed by atoms with Crippen LogP contribution in [-0.2, 0) is 4.79 Å². The summed E-state index contributed by atoms with van der Waals surface area (Å²) in [7, 11) is 0. The van der Waals surface area contributed by atoms with Gasteiger partial charge in [0.2, 0.25) is 11.9 Å². The van der Waals surface area contributed by atoms with Crippen molar-refractivity contribution in [1.29, 1.82) is 0 Å². The molecular weight excluding hydrogens is 252 g/mol. The molecule has 108 valence electrons. The molecule has 3 rings (SSSR count). The molecule has 0 unspecified atom stereocenters. The molecule has 5 heteroatoms. The number of anilines is 2. The number of carbonyl (C=O) groups is 1. The van der Waals surface area contributed by atoms with E-state index in [2.05, 4.69) is 20.2 Å². The minimum Gasteiger partial charge on any atom is -0.341 e. The number of carbonyl (C=O) groups excluding carboxylic acids is 1. The number of nitrogens with one attached hydrogen (secondary N) is 1. The maximum absolute atomic E-state index is 11.8. The predicted molar refractivity (Wildman–Crippen MR) is 78.7 cm³/mol. The number of amides is 1. The zero-order chi connectivity index (χ0) is 13.8. The van der Waals surface area contributed by atoms with Crippen molar-refractivity contribution in [3.63, 3.8) is 0 Å². The van der Waals surface area contributed by atoms with E-state index in [1.165, 1.54) is 32.1 Å². The van der Waals surface area contributed by atoms with E-state index in [4.69, 9.17) is 0 Å². The Kier molecular flexibility index (Phi) is 4.14. The van der Waals surface area contributed by atoms with E-state index in [0.29, 0.717) is 5.69 Å². The quantitative estimate of drug-likeness (QED) is 0.920. The minimum absolute atomic E-state index is 0.113. The average Bonchev–Trinajstić information content (AvgIpc) is 2.66. The van der Waals surface area contributed by atoms with Crippen molar-refractivity contribution in [1.82, 2.24) is 9.97 Å². The Morgan fingerprint density at radius 1 is 1.05 bits per heavy atom. The minimum atomic E-state index is 0.113. The highest BCUT2D eigenvalue weighted by molar-refractivity contribution is 5.92. The van der Waals surface area contributed by atoms with E-state index in [1.54, 1.807) is 12.4 Å². The van der Waals surface area contributed by atoms with E-state index in [-0.39, 0.29) is 11.8 Å². The smallest absolute Gasteiger partial charge is 0.227 e. The van der Waals surface area contributed by atoms with E-state index in [0.717, 1.165) is 31.9 Å². The molecular formula is C15H22N4O. The zero-order valence-corrected chi connectivity index (χ0v) is 11.8. The molecule has 1 aromatic rings. The summed E-state index contributed by atoms with van der Waals surface area (Å²) in [6, 6.07) is 0. The second kappa shape index (κ2) is 6.20. The fourth-order valence-corrected chi connectivity index (χ4v) is 2.73. The van der Waals surface area contributed by atoms with Crippen LogP contribution in [0.5, 0.6) is 0 Å². The lowest BCUT2D eigenvalue weighted by Crippen LogP contribution is -2.28. The van der Waals surface area contributed by atoms with Crippen LogP contribution in [0.1, 0.15) is 44.9 Å². The molecule has 1 amide bonds. The molecule has 2 aliphatic rings.